The molecule has 21 heavy (non-hydrogen) atoms. The third-order valence-electron chi connectivity index (χ3n) is 4.81. The maximum Gasteiger partial charge on any atom is 0.248 e. The summed E-state index contributed by atoms with van der Waals surface area (Å²) in [7, 11) is 0. The van der Waals surface area contributed by atoms with E-state index in [9.17, 15) is 4.79 Å². The van der Waals surface area contributed by atoms with Crippen LogP contribution in [-0.4, -0.2) is 59.6 Å². The van der Waals surface area contributed by atoms with Crippen molar-refractivity contribution < 1.29 is 9.53 Å². The Morgan fingerprint density at radius 1 is 1.05 bits per heavy atom. The molecule has 4 nitrogen and oxygen atoms in total. The number of nitrogens with zero attached hydrogens (tertiary/aromatic N) is 2. The molecule has 2 heterocycles. The first kappa shape index (κ1) is 16.8. The molecule has 0 radical (unpaired) electrons. The van der Waals surface area contributed by atoms with Gasteiger partial charge < -0.3 is 9.64 Å². The number of hydrogen-bond acceptors (Lipinski definition) is 3. The molecule has 0 unspecified atom stereocenters. The van der Waals surface area contributed by atoms with Crippen molar-refractivity contribution >= 4 is 5.91 Å². The summed E-state index contributed by atoms with van der Waals surface area (Å²) in [6, 6.07) is 0. The molecule has 4 heteroatoms. The number of hydrogen-bond donors (Lipinski definition) is 0. The summed E-state index contributed by atoms with van der Waals surface area (Å²) in [6.07, 6.45) is 2.43. The lowest BCUT2D eigenvalue weighted by molar-refractivity contribution is -0.157. The lowest BCUT2D eigenvalue weighted by atomic mass is 9.71. The fourth-order valence-corrected chi connectivity index (χ4v) is 3.28. The predicted octanol–water partition coefficient (Wildman–Crippen LogP) is 2.52. The quantitative estimate of drug-likeness (QED) is 0.785. The first-order valence-corrected chi connectivity index (χ1v) is 8.18. The van der Waals surface area contributed by atoms with Gasteiger partial charge in [-0.15, -0.1) is 0 Å². The van der Waals surface area contributed by atoms with Gasteiger partial charge in [-0.25, -0.2) is 0 Å². The van der Waals surface area contributed by atoms with E-state index in [1.807, 2.05) is 25.7 Å². The molecule has 0 aliphatic carbocycles. The Labute approximate surface area is 129 Å². The molecule has 0 aromatic carbocycles. The van der Waals surface area contributed by atoms with Crippen LogP contribution in [0.5, 0.6) is 0 Å². The zero-order valence-corrected chi connectivity index (χ0v) is 14.7. The molecule has 2 saturated heterocycles. The lowest BCUT2D eigenvalue weighted by Gasteiger charge is -2.55. The van der Waals surface area contributed by atoms with Crippen LogP contribution >= 0.6 is 0 Å². The highest BCUT2D eigenvalue weighted by molar-refractivity contribution is 5.78. The van der Waals surface area contributed by atoms with Crippen molar-refractivity contribution in [1.82, 2.24) is 9.80 Å². The highest BCUT2D eigenvalue weighted by Gasteiger charge is 2.47. The first-order chi connectivity index (χ1) is 9.51. The van der Waals surface area contributed by atoms with Crippen LogP contribution in [0, 0.1) is 5.41 Å². The Hall–Kier alpha value is -0.610. The van der Waals surface area contributed by atoms with E-state index in [0.717, 1.165) is 26.2 Å². The first-order valence-electron chi connectivity index (χ1n) is 8.18. The van der Waals surface area contributed by atoms with Gasteiger partial charge in [0.25, 0.3) is 0 Å². The van der Waals surface area contributed by atoms with E-state index < -0.39 is 0 Å². The number of piperidine rings is 1. The largest absolute Gasteiger partial charge is 0.366 e. The van der Waals surface area contributed by atoms with Gasteiger partial charge in [-0.05, 0) is 67.5 Å². The summed E-state index contributed by atoms with van der Waals surface area (Å²) in [5, 5.41) is 0. The zero-order chi connectivity index (χ0) is 15.9. The number of likely N-dealkylation sites (tertiary alicyclic amines) is 2. The fourth-order valence-electron chi connectivity index (χ4n) is 3.28. The molecule has 0 aromatic rings. The van der Waals surface area contributed by atoms with Crippen molar-refractivity contribution in [1.29, 1.82) is 0 Å². The summed E-state index contributed by atoms with van der Waals surface area (Å²) >= 11 is 0. The van der Waals surface area contributed by atoms with Crippen LogP contribution in [0.1, 0.15) is 54.4 Å². The van der Waals surface area contributed by atoms with E-state index in [4.69, 9.17) is 4.74 Å². The van der Waals surface area contributed by atoms with Crippen molar-refractivity contribution in [2.45, 2.75) is 65.5 Å². The Kier molecular flexibility index (Phi) is 4.42. The SMILES string of the molecule is CC(C)(C)OCC(=O)N1CC2(CCN(C(C)(C)C)CC2)C1. The van der Waals surface area contributed by atoms with Crippen LogP contribution in [0.3, 0.4) is 0 Å². The molecule has 122 valence electrons. The van der Waals surface area contributed by atoms with Crippen molar-refractivity contribution in [3.05, 3.63) is 0 Å². The lowest BCUT2D eigenvalue weighted by Crippen LogP contribution is -2.63. The molecule has 0 bridgehead atoms. The molecule has 2 fully saturated rings. The van der Waals surface area contributed by atoms with Gasteiger partial charge in [0, 0.05) is 24.0 Å². The highest BCUT2D eigenvalue weighted by Crippen LogP contribution is 2.41. The second-order valence-electron chi connectivity index (χ2n) is 8.81. The second-order valence-corrected chi connectivity index (χ2v) is 8.81. The number of carbonyl (C=O) groups excluding carboxylic acids is 1. The Morgan fingerprint density at radius 2 is 1.57 bits per heavy atom. The molecule has 0 aromatic heterocycles. The van der Waals surface area contributed by atoms with E-state index in [0.29, 0.717) is 5.41 Å². The van der Waals surface area contributed by atoms with Gasteiger partial charge in [0.15, 0.2) is 0 Å². The molecule has 1 amide bonds. The summed E-state index contributed by atoms with van der Waals surface area (Å²) in [5.41, 5.74) is 0.414. The van der Waals surface area contributed by atoms with Crippen molar-refractivity contribution in [2.75, 3.05) is 32.8 Å². The normalized spacial score (nSPS) is 23.2. The summed E-state index contributed by atoms with van der Waals surface area (Å²) in [6.45, 7) is 17.2. The van der Waals surface area contributed by atoms with Crippen LogP contribution in [-0.2, 0) is 9.53 Å². The van der Waals surface area contributed by atoms with Crippen LogP contribution in [0.25, 0.3) is 0 Å². The standard InChI is InChI=1S/C17H32N2O2/c1-15(2,3)19-9-7-17(8-10-19)12-18(13-17)14(20)11-21-16(4,5)6/h7-13H2,1-6H3. The number of carbonyl (C=O) groups is 1. The van der Waals surface area contributed by atoms with Gasteiger partial charge in [-0.3, -0.25) is 9.69 Å². The van der Waals surface area contributed by atoms with Crippen molar-refractivity contribution in [3.63, 3.8) is 0 Å². The molecule has 0 atom stereocenters. The minimum atomic E-state index is -0.240. The number of ether oxygens (including phenoxy) is 1. The van der Waals surface area contributed by atoms with Crippen LogP contribution in [0.2, 0.25) is 0 Å². The zero-order valence-electron chi connectivity index (χ0n) is 14.7. The Bertz CT molecular complexity index is 377. The minimum absolute atomic E-state index is 0.147. The fraction of sp³-hybridized carbons (Fsp3) is 0.941. The topological polar surface area (TPSA) is 32.8 Å². The molecular weight excluding hydrogens is 264 g/mol. The summed E-state index contributed by atoms with van der Waals surface area (Å²) in [5.74, 6) is 0.147. The molecular formula is C17H32N2O2. The highest BCUT2D eigenvalue weighted by atomic mass is 16.5. The van der Waals surface area contributed by atoms with E-state index in [-0.39, 0.29) is 23.7 Å². The van der Waals surface area contributed by atoms with E-state index in [2.05, 4.69) is 25.7 Å². The van der Waals surface area contributed by atoms with Gasteiger partial charge in [-0.1, -0.05) is 0 Å². The van der Waals surface area contributed by atoms with Crippen LogP contribution in [0.4, 0.5) is 0 Å². The Morgan fingerprint density at radius 3 is 2.00 bits per heavy atom. The van der Waals surface area contributed by atoms with Crippen molar-refractivity contribution in [3.8, 4) is 0 Å². The smallest absolute Gasteiger partial charge is 0.248 e. The maximum atomic E-state index is 12.1. The van der Waals surface area contributed by atoms with E-state index in [1.165, 1.54) is 12.8 Å². The Balaban J connectivity index is 1.75. The molecule has 0 N–H and O–H groups in total. The van der Waals surface area contributed by atoms with Crippen molar-refractivity contribution in [2.24, 2.45) is 5.41 Å². The minimum Gasteiger partial charge on any atom is -0.366 e. The van der Waals surface area contributed by atoms with Gasteiger partial charge in [0.2, 0.25) is 5.91 Å². The predicted molar refractivity (Wildman–Crippen MR) is 85.3 cm³/mol. The third-order valence-corrected chi connectivity index (χ3v) is 4.81. The number of rotatable bonds is 2. The molecule has 1 spiro atoms. The van der Waals surface area contributed by atoms with Gasteiger partial charge >= 0.3 is 0 Å². The third kappa shape index (κ3) is 4.19. The monoisotopic (exact) mass is 296 g/mol. The maximum absolute atomic E-state index is 12.1. The molecule has 2 rings (SSSR count). The van der Waals surface area contributed by atoms with Gasteiger partial charge in [0.1, 0.15) is 6.61 Å². The average molecular weight is 296 g/mol. The average Bonchev–Trinajstić information content (AvgIpc) is 2.31. The molecule has 0 saturated carbocycles. The molecule has 2 aliphatic heterocycles. The summed E-state index contributed by atoms with van der Waals surface area (Å²) in [4.78, 5) is 16.6. The number of amides is 1. The molecule has 2 aliphatic rings. The van der Waals surface area contributed by atoms with E-state index in [1.54, 1.807) is 0 Å². The van der Waals surface area contributed by atoms with Gasteiger partial charge in [-0.2, -0.15) is 0 Å². The van der Waals surface area contributed by atoms with Gasteiger partial charge in [0.05, 0.1) is 5.60 Å². The summed E-state index contributed by atoms with van der Waals surface area (Å²) < 4.78 is 5.59. The van der Waals surface area contributed by atoms with E-state index >= 15 is 0 Å². The second kappa shape index (κ2) is 5.54. The van der Waals surface area contributed by atoms with Crippen LogP contribution in [0.15, 0.2) is 0 Å². The van der Waals surface area contributed by atoms with Crippen LogP contribution < -0.4 is 0 Å².